The van der Waals surface area contributed by atoms with Crippen molar-refractivity contribution >= 4 is 23.6 Å². The number of nitrogens with zero attached hydrogens (tertiary/aromatic N) is 2. The quantitative estimate of drug-likeness (QED) is 0.782. The number of hydrogen-bond donors (Lipinski definition) is 0. The van der Waals surface area contributed by atoms with Gasteiger partial charge in [0.05, 0.1) is 19.1 Å². The van der Waals surface area contributed by atoms with E-state index < -0.39 is 0 Å². The van der Waals surface area contributed by atoms with Crippen LogP contribution in [-0.2, 0) is 14.3 Å². The van der Waals surface area contributed by atoms with Gasteiger partial charge in [0, 0.05) is 24.8 Å². The highest BCUT2D eigenvalue weighted by Crippen LogP contribution is 2.25. The van der Waals surface area contributed by atoms with E-state index in [-0.39, 0.29) is 23.8 Å². The van der Waals surface area contributed by atoms with E-state index in [1.54, 1.807) is 16.7 Å². The second-order valence-corrected chi connectivity index (χ2v) is 6.45. The van der Waals surface area contributed by atoms with E-state index in [0.29, 0.717) is 32.2 Å². The Balaban J connectivity index is 1.99. The summed E-state index contributed by atoms with van der Waals surface area (Å²) < 4.78 is 5.28. The Kier molecular flexibility index (Phi) is 5.72. The standard InChI is InChI=1S/C14H24N2O3S/c1-3-4-11(2)13(17)16-10-20-9-12(16)14(18)15-5-7-19-8-6-15/h11-12H,3-10H2,1-2H3/t11-,12-/m1/s1. The van der Waals surface area contributed by atoms with Crippen molar-refractivity contribution in [3.63, 3.8) is 0 Å². The summed E-state index contributed by atoms with van der Waals surface area (Å²) in [5, 5.41) is 0. The minimum atomic E-state index is -0.273. The van der Waals surface area contributed by atoms with E-state index >= 15 is 0 Å². The SMILES string of the molecule is CCC[C@@H](C)C(=O)N1CSC[C@@H]1C(=O)N1CCOCC1. The summed E-state index contributed by atoms with van der Waals surface area (Å²) in [6, 6.07) is -0.273. The van der Waals surface area contributed by atoms with Crippen molar-refractivity contribution < 1.29 is 14.3 Å². The van der Waals surface area contributed by atoms with Crippen molar-refractivity contribution in [2.45, 2.75) is 32.7 Å². The summed E-state index contributed by atoms with van der Waals surface area (Å²) in [4.78, 5) is 28.6. The molecule has 2 saturated heterocycles. The van der Waals surface area contributed by atoms with Crippen LogP contribution in [0.1, 0.15) is 26.7 Å². The van der Waals surface area contributed by atoms with Crippen molar-refractivity contribution in [3.8, 4) is 0 Å². The molecule has 0 bridgehead atoms. The third-order valence-electron chi connectivity index (χ3n) is 3.92. The zero-order chi connectivity index (χ0) is 14.5. The number of morpholine rings is 1. The van der Waals surface area contributed by atoms with Crippen molar-refractivity contribution in [2.75, 3.05) is 37.9 Å². The molecule has 2 heterocycles. The highest BCUT2D eigenvalue weighted by atomic mass is 32.2. The fraction of sp³-hybridized carbons (Fsp3) is 0.857. The van der Waals surface area contributed by atoms with Gasteiger partial charge in [-0.1, -0.05) is 20.3 Å². The summed E-state index contributed by atoms with van der Waals surface area (Å²) in [6.45, 7) is 6.54. The van der Waals surface area contributed by atoms with Crippen LogP contribution in [0.3, 0.4) is 0 Å². The van der Waals surface area contributed by atoms with Gasteiger partial charge < -0.3 is 14.5 Å². The van der Waals surface area contributed by atoms with Crippen LogP contribution in [0.5, 0.6) is 0 Å². The Morgan fingerprint density at radius 3 is 2.70 bits per heavy atom. The fourth-order valence-corrected chi connectivity index (χ4v) is 3.85. The summed E-state index contributed by atoms with van der Waals surface area (Å²) in [6.07, 6.45) is 1.88. The van der Waals surface area contributed by atoms with Crippen LogP contribution in [-0.4, -0.2) is 65.6 Å². The molecule has 2 atom stereocenters. The van der Waals surface area contributed by atoms with Crippen LogP contribution in [0, 0.1) is 5.92 Å². The molecule has 0 aromatic rings. The Hall–Kier alpha value is -0.750. The maximum absolute atomic E-state index is 12.6. The molecule has 2 amide bonds. The lowest BCUT2D eigenvalue weighted by atomic mass is 10.0. The Labute approximate surface area is 125 Å². The van der Waals surface area contributed by atoms with Crippen LogP contribution >= 0.6 is 11.8 Å². The number of ether oxygens (including phenoxy) is 1. The average molecular weight is 300 g/mol. The van der Waals surface area contributed by atoms with E-state index in [0.717, 1.165) is 18.6 Å². The predicted molar refractivity (Wildman–Crippen MR) is 79.4 cm³/mol. The van der Waals surface area contributed by atoms with E-state index in [1.807, 2.05) is 11.8 Å². The maximum Gasteiger partial charge on any atom is 0.246 e. The maximum atomic E-state index is 12.6. The summed E-state index contributed by atoms with van der Waals surface area (Å²) >= 11 is 1.67. The van der Waals surface area contributed by atoms with Crippen LogP contribution < -0.4 is 0 Å². The first-order valence-electron chi connectivity index (χ1n) is 7.40. The first-order valence-corrected chi connectivity index (χ1v) is 8.55. The second-order valence-electron chi connectivity index (χ2n) is 5.45. The molecular formula is C14H24N2O3S. The van der Waals surface area contributed by atoms with Gasteiger partial charge in [-0.2, -0.15) is 0 Å². The lowest BCUT2D eigenvalue weighted by molar-refractivity contribution is -0.147. The first-order chi connectivity index (χ1) is 9.65. The molecule has 0 aliphatic carbocycles. The van der Waals surface area contributed by atoms with E-state index in [4.69, 9.17) is 4.74 Å². The van der Waals surface area contributed by atoms with Crippen LogP contribution in [0.4, 0.5) is 0 Å². The number of rotatable bonds is 4. The van der Waals surface area contributed by atoms with Crippen LogP contribution in [0.2, 0.25) is 0 Å². The van der Waals surface area contributed by atoms with Crippen LogP contribution in [0.15, 0.2) is 0 Å². The predicted octanol–water partition coefficient (Wildman–Crippen LogP) is 1.18. The Morgan fingerprint density at radius 1 is 1.35 bits per heavy atom. The zero-order valence-corrected chi connectivity index (χ0v) is 13.2. The van der Waals surface area contributed by atoms with Gasteiger partial charge >= 0.3 is 0 Å². The van der Waals surface area contributed by atoms with E-state index in [1.165, 1.54) is 0 Å². The number of hydrogen-bond acceptors (Lipinski definition) is 4. The van der Waals surface area contributed by atoms with Gasteiger partial charge in [0.2, 0.25) is 11.8 Å². The largest absolute Gasteiger partial charge is 0.378 e. The average Bonchev–Trinajstić information content (AvgIpc) is 2.96. The molecule has 0 saturated carbocycles. The minimum Gasteiger partial charge on any atom is -0.378 e. The van der Waals surface area contributed by atoms with Gasteiger partial charge in [-0.25, -0.2) is 0 Å². The molecule has 20 heavy (non-hydrogen) atoms. The molecule has 0 radical (unpaired) electrons. The normalized spacial score (nSPS) is 24.8. The van der Waals surface area contributed by atoms with E-state index in [9.17, 15) is 9.59 Å². The molecule has 0 aromatic carbocycles. The molecule has 2 rings (SSSR count). The lowest BCUT2D eigenvalue weighted by Crippen LogP contribution is -2.52. The molecule has 0 N–H and O–H groups in total. The number of amides is 2. The molecule has 0 aromatic heterocycles. The van der Waals surface area contributed by atoms with Crippen molar-refractivity contribution in [1.82, 2.24) is 9.80 Å². The molecule has 0 spiro atoms. The van der Waals surface area contributed by atoms with E-state index in [2.05, 4.69) is 6.92 Å². The van der Waals surface area contributed by atoms with Gasteiger partial charge in [0.25, 0.3) is 0 Å². The first kappa shape index (κ1) is 15.6. The molecule has 5 nitrogen and oxygen atoms in total. The molecule has 6 heteroatoms. The Bertz CT molecular complexity index is 358. The zero-order valence-electron chi connectivity index (χ0n) is 12.3. The summed E-state index contributed by atoms with van der Waals surface area (Å²) in [7, 11) is 0. The molecule has 114 valence electrons. The van der Waals surface area contributed by atoms with Crippen molar-refractivity contribution in [1.29, 1.82) is 0 Å². The summed E-state index contributed by atoms with van der Waals surface area (Å²) in [5.74, 6) is 1.60. The Morgan fingerprint density at radius 2 is 2.05 bits per heavy atom. The van der Waals surface area contributed by atoms with Gasteiger partial charge in [0.15, 0.2) is 0 Å². The lowest BCUT2D eigenvalue weighted by Gasteiger charge is -2.33. The second kappa shape index (κ2) is 7.31. The number of carbonyl (C=O) groups excluding carboxylic acids is 2. The van der Waals surface area contributed by atoms with Crippen molar-refractivity contribution in [2.24, 2.45) is 5.92 Å². The van der Waals surface area contributed by atoms with Gasteiger partial charge in [-0.3, -0.25) is 9.59 Å². The molecule has 0 unspecified atom stereocenters. The smallest absolute Gasteiger partial charge is 0.246 e. The highest BCUT2D eigenvalue weighted by Gasteiger charge is 2.38. The monoisotopic (exact) mass is 300 g/mol. The number of carbonyl (C=O) groups is 2. The molecule has 2 aliphatic rings. The van der Waals surface area contributed by atoms with Crippen molar-refractivity contribution in [3.05, 3.63) is 0 Å². The topological polar surface area (TPSA) is 49.9 Å². The number of thioether (sulfide) groups is 1. The molecule has 2 fully saturated rings. The highest BCUT2D eigenvalue weighted by molar-refractivity contribution is 7.99. The summed E-state index contributed by atoms with van der Waals surface area (Å²) in [5.41, 5.74) is 0. The molecular weight excluding hydrogens is 276 g/mol. The van der Waals surface area contributed by atoms with Crippen LogP contribution in [0.25, 0.3) is 0 Å². The third-order valence-corrected chi connectivity index (χ3v) is 4.93. The van der Waals surface area contributed by atoms with Gasteiger partial charge in [-0.15, -0.1) is 11.8 Å². The molecule has 2 aliphatic heterocycles. The fourth-order valence-electron chi connectivity index (χ4n) is 2.70. The minimum absolute atomic E-state index is 0.0127. The van der Waals surface area contributed by atoms with Gasteiger partial charge in [-0.05, 0) is 6.42 Å². The third kappa shape index (κ3) is 3.47. The van der Waals surface area contributed by atoms with Gasteiger partial charge in [0.1, 0.15) is 6.04 Å².